The largest absolute Gasteiger partial charge is 0.299 e. The maximum atomic E-state index is 11.6. The number of carbonyl (C=O) groups is 1. The molecule has 0 saturated carbocycles. The standard InChI is InChI=1S/C12H15BrO3S/c1-17(15,16)8-4-6-11(14)9-10-5-2-3-7-12(10)13/h2-3,5,7H,4,6,8-9H2,1H3. The number of hydrogen-bond acceptors (Lipinski definition) is 3. The van der Waals surface area contributed by atoms with Crippen LogP contribution in [0.15, 0.2) is 28.7 Å². The average molecular weight is 319 g/mol. The monoisotopic (exact) mass is 318 g/mol. The van der Waals surface area contributed by atoms with Crippen molar-refractivity contribution in [2.45, 2.75) is 19.3 Å². The Bertz CT molecular complexity index is 494. The van der Waals surface area contributed by atoms with Crippen LogP contribution in [0.5, 0.6) is 0 Å². The average Bonchev–Trinajstić information content (AvgIpc) is 2.19. The molecule has 17 heavy (non-hydrogen) atoms. The summed E-state index contributed by atoms with van der Waals surface area (Å²) in [5.74, 6) is 0.148. The highest BCUT2D eigenvalue weighted by Crippen LogP contribution is 2.17. The van der Waals surface area contributed by atoms with Crippen molar-refractivity contribution in [1.29, 1.82) is 0 Å². The summed E-state index contributed by atoms with van der Waals surface area (Å²) in [5, 5.41) is 0. The Balaban J connectivity index is 2.43. The zero-order chi connectivity index (χ0) is 12.9. The number of benzene rings is 1. The zero-order valence-corrected chi connectivity index (χ0v) is 12.1. The first-order chi connectivity index (χ1) is 7.88. The Hall–Kier alpha value is -0.680. The van der Waals surface area contributed by atoms with Crippen LogP contribution in [-0.4, -0.2) is 26.2 Å². The molecule has 0 atom stereocenters. The molecule has 0 amide bonds. The number of Topliss-reactive ketones (excluding diaryl/α,β-unsaturated/α-hetero) is 1. The highest BCUT2D eigenvalue weighted by atomic mass is 79.9. The predicted octanol–water partition coefficient (Wildman–Crippen LogP) is 2.39. The number of hydrogen-bond donors (Lipinski definition) is 0. The van der Waals surface area contributed by atoms with Gasteiger partial charge in [0.15, 0.2) is 0 Å². The van der Waals surface area contributed by atoms with E-state index in [4.69, 9.17) is 0 Å². The number of sulfone groups is 1. The molecule has 0 heterocycles. The normalized spacial score (nSPS) is 11.4. The number of halogens is 1. The molecule has 0 spiro atoms. The van der Waals surface area contributed by atoms with Crippen LogP contribution in [0.1, 0.15) is 18.4 Å². The maximum Gasteiger partial charge on any atom is 0.147 e. The van der Waals surface area contributed by atoms with Gasteiger partial charge < -0.3 is 0 Å². The Morgan fingerprint density at radius 2 is 1.94 bits per heavy atom. The SMILES string of the molecule is CS(=O)(=O)CCCC(=O)Cc1ccccc1Br. The molecule has 0 aliphatic heterocycles. The Morgan fingerprint density at radius 1 is 1.29 bits per heavy atom. The Labute approximate surface area is 110 Å². The van der Waals surface area contributed by atoms with E-state index in [1.165, 1.54) is 6.26 Å². The van der Waals surface area contributed by atoms with Gasteiger partial charge in [-0.05, 0) is 18.1 Å². The van der Waals surface area contributed by atoms with Crippen molar-refractivity contribution >= 4 is 31.6 Å². The molecule has 5 heteroatoms. The summed E-state index contributed by atoms with van der Waals surface area (Å²) in [7, 11) is -2.96. The molecule has 0 saturated heterocycles. The smallest absolute Gasteiger partial charge is 0.147 e. The Morgan fingerprint density at radius 3 is 2.53 bits per heavy atom. The van der Waals surface area contributed by atoms with Crippen molar-refractivity contribution in [1.82, 2.24) is 0 Å². The molecule has 0 N–H and O–H groups in total. The molecule has 0 radical (unpaired) electrons. The number of rotatable bonds is 6. The van der Waals surface area contributed by atoms with E-state index in [2.05, 4.69) is 15.9 Å². The van der Waals surface area contributed by atoms with Crippen molar-refractivity contribution in [3.63, 3.8) is 0 Å². The summed E-state index contributed by atoms with van der Waals surface area (Å²) < 4.78 is 22.7. The fraction of sp³-hybridized carbons (Fsp3) is 0.417. The Kier molecular flexibility index (Phi) is 5.33. The maximum absolute atomic E-state index is 11.6. The molecule has 94 valence electrons. The molecule has 0 aliphatic rings. The lowest BCUT2D eigenvalue weighted by Gasteiger charge is -2.03. The highest BCUT2D eigenvalue weighted by molar-refractivity contribution is 9.10. The molecule has 1 rings (SSSR count). The van der Waals surface area contributed by atoms with Gasteiger partial charge in [-0.25, -0.2) is 8.42 Å². The van der Waals surface area contributed by atoms with E-state index in [1.807, 2.05) is 24.3 Å². The minimum atomic E-state index is -2.96. The van der Waals surface area contributed by atoms with E-state index < -0.39 is 9.84 Å². The summed E-state index contributed by atoms with van der Waals surface area (Å²) >= 11 is 3.38. The van der Waals surface area contributed by atoms with Gasteiger partial charge in [-0.2, -0.15) is 0 Å². The van der Waals surface area contributed by atoms with E-state index >= 15 is 0 Å². The van der Waals surface area contributed by atoms with Crippen LogP contribution >= 0.6 is 15.9 Å². The van der Waals surface area contributed by atoms with Crippen molar-refractivity contribution in [2.75, 3.05) is 12.0 Å². The second-order valence-electron chi connectivity index (χ2n) is 4.04. The van der Waals surface area contributed by atoms with Crippen LogP contribution < -0.4 is 0 Å². The van der Waals surface area contributed by atoms with Gasteiger partial charge in [0.2, 0.25) is 0 Å². The van der Waals surface area contributed by atoms with Crippen LogP contribution in [0.25, 0.3) is 0 Å². The summed E-state index contributed by atoms with van der Waals surface area (Å²) in [6, 6.07) is 7.54. The second-order valence-corrected chi connectivity index (χ2v) is 7.15. The van der Waals surface area contributed by atoms with Crippen molar-refractivity contribution < 1.29 is 13.2 Å². The molecule has 1 aromatic rings. The third-order valence-corrected chi connectivity index (χ3v) is 4.12. The summed E-state index contributed by atoms with van der Waals surface area (Å²) in [6.07, 6.45) is 2.26. The van der Waals surface area contributed by atoms with Crippen LogP contribution in [0, 0.1) is 0 Å². The first-order valence-electron chi connectivity index (χ1n) is 5.31. The highest BCUT2D eigenvalue weighted by Gasteiger charge is 2.08. The van der Waals surface area contributed by atoms with Crippen LogP contribution in [0.3, 0.4) is 0 Å². The van der Waals surface area contributed by atoms with Gasteiger partial charge in [0.05, 0.1) is 5.75 Å². The fourth-order valence-electron chi connectivity index (χ4n) is 1.47. The van der Waals surface area contributed by atoms with E-state index in [0.717, 1.165) is 10.0 Å². The molecule has 0 aliphatic carbocycles. The summed E-state index contributed by atoms with van der Waals surface area (Å²) in [5.41, 5.74) is 0.942. The van der Waals surface area contributed by atoms with Gasteiger partial charge in [0.1, 0.15) is 15.6 Å². The van der Waals surface area contributed by atoms with Gasteiger partial charge in [0, 0.05) is 23.6 Å². The van der Waals surface area contributed by atoms with Crippen molar-refractivity contribution in [2.24, 2.45) is 0 Å². The van der Waals surface area contributed by atoms with Crippen LogP contribution in [0.2, 0.25) is 0 Å². The molecular formula is C12H15BrO3S. The molecule has 0 fully saturated rings. The molecular weight excluding hydrogens is 304 g/mol. The summed E-state index contributed by atoms with van der Waals surface area (Å²) in [4.78, 5) is 11.6. The second kappa shape index (κ2) is 6.31. The quantitative estimate of drug-likeness (QED) is 0.809. The number of carbonyl (C=O) groups excluding carboxylic acids is 1. The van der Waals surface area contributed by atoms with E-state index in [0.29, 0.717) is 19.3 Å². The van der Waals surface area contributed by atoms with Crippen LogP contribution in [-0.2, 0) is 21.1 Å². The molecule has 1 aromatic carbocycles. The first kappa shape index (κ1) is 14.4. The van der Waals surface area contributed by atoms with E-state index in [9.17, 15) is 13.2 Å². The predicted molar refractivity (Wildman–Crippen MR) is 71.8 cm³/mol. The van der Waals surface area contributed by atoms with Crippen molar-refractivity contribution in [3.05, 3.63) is 34.3 Å². The first-order valence-corrected chi connectivity index (χ1v) is 8.16. The fourth-order valence-corrected chi connectivity index (χ4v) is 2.57. The van der Waals surface area contributed by atoms with Gasteiger partial charge in [0.25, 0.3) is 0 Å². The van der Waals surface area contributed by atoms with Crippen LogP contribution in [0.4, 0.5) is 0 Å². The lowest BCUT2D eigenvalue weighted by atomic mass is 10.1. The minimum Gasteiger partial charge on any atom is -0.299 e. The summed E-state index contributed by atoms with van der Waals surface area (Å²) in [6.45, 7) is 0. The minimum absolute atomic E-state index is 0.0700. The van der Waals surface area contributed by atoms with Gasteiger partial charge >= 0.3 is 0 Å². The van der Waals surface area contributed by atoms with Gasteiger partial charge in [-0.3, -0.25) is 4.79 Å². The lowest BCUT2D eigenvalue weighted by Crippen LogP contribution is -2.08. The molecule has 0 unspecified atom stereocenters. The third-order valence-electron chi connectivity index (χ3n) is 2.32. The number of ketones is 1. The van der Waals surface area contributed by atoms with Crippen molar-refractivity contribution in [3.8, 4) is 0 Å². The third kappa shape index (κ3) is 5.98. The lowest BCUT2D eigenvalue weighted by molar-refractivity contribution is -0.118. The molecule has 0 aromatic heterocycles. The molecule has 3 nitrogen and oxygen atoms in total. The topological polar surface area (TPSA) is 51.2 Å². The van der Waals surface area contributed by atoms with E-state index in [1.54, 1.807) is 0 Å². The van der Waals surface area contributed by atoms with E-state index in [-0.39, 0.29) is 11.5 Å². The zero-order valence-electron chi connectivity index (χ0n) is 9.65. The van der Waals surface area contributed by atoms with Gasteiger partial charge in [-0.1, -0.05) is 34.1 Å². The van der Waals surface area contributed by atoms with Gasteiger partial charge in [-0.15, -0.1) is 0 Å². The molecule has 0 bridgehead atoms.